The van der Waals surface area contributed by atoms with Crippen LogP contribution in [0.5, 0.6) is 0 Å². The molecule has 0 aromatic heterocycles. The van der Waals surface area contributed by atoms with E-state index in [1.807, 2.05) is 25.1 Å². The van der Waals surface area contributed by atoms with Crippen molar-refractivity contribution in [2.75, 3.05) is 18.9 Å². The second kappa shape index (κ2) is 6.80. The van der Waals surface area contributed by atoms with Crippen LogP contribution in [-0.2, 0) is 9.53 Å². The van der Waals surface area contributed by atoms with Gasteiger partial charge in [-0.25, -0.2) is 0 Å². The van der Waals surface area contributed by atoms with Gasteiger partial charge in [-0.3, -0.25) is 4.79 Å². The normalized spacial score (nSPS) is 12.2. The molecule has 0 amide bonds. The number of ether oxygens (including phenoxy) is 1. The van der Waals surface area contributed by atoms with Crippen LogP contribution >= 0.6 is 22.6 Å². The highest BCUT2D eigenvalue weighted by Gasteiger charge is 2.11. The molecule has 94 valence electrons. The molecular formula is C12H17IN2O2. The molecule has 4 nitrogen and oxygen atoms in total. The minimum Gasteiger partial charge on any atom is -0.465 e. The summed E-state index contributed by atoms with van der Waals surface area (Å²) in [5.74, 6) is -0.247. The first kappa shape index (κ1) is 14.2. The Morgan fingerprint density at radius 1 is 1.59 bits per heavy atom. The number of nitrogens with two attached hydrogens (primary N) is 1. The zero-order chi connectivity index (χ0) is 12.8. The molecule has 3 N–H and O–H groups in total. The average molecular weight is 348 g/mol. The van der Waals surface area contributed by atoms with E-state index in [4.69, 9.17) is 10.5 Å². The maximum absolute atomic E-state index is 11.2. The van der Waals surface area contributed by atoms with Gasteiger partial charge in [0.05, 0.1) is 13.2 Å². The summed E-state index contributed by atoms with van der Waals surface area (Å²) in [6, 6.07) is 5.87. The van der Waals surface area contributed by atoms with E-state index in [0.717, 1.165) is 14.8 Å². The highest BCUT2D eigenvalue weighted by Crippen LogP contribution is 2.22. The molecule has 17 heavy (non-hydrogen) atoms. The smallest absolute Gasteiger partial charge is 0.319 e. The van der Waals surface area contributed by atoms with Gasteiger partial charge in [-0.2, -0.15) is 0 Å². The van der Waals surface area contributed by atoms with Gasteiger partial charge in [-0.15, -0.1) is 0 Å². The van der Waals surface area contributed by atoms with Crippen molar-refractivity contribution >= 4 is 34.2 Å². The van der Waals surface area contributed by atoms with Gasteiger partial charge in [0.2, 0.25) is 0 Å². The van der Waals surface area contributed by atoms with Crippen LogP contribution in [0.15, 0.2) is 18.2 Å². The first-order chi connectivity index (χ1) is 8.04. The fourth-order valence-corrected chi connectivity index (χ4v) is 1.99. The van der Waals surface area contributed by atoms with E-state index in [9.17, 15) is 4.79 Å². The third kappa shape index (κ3) is 4.51. The van der Waals surface area contributed by atoms with Crippen LogP contribution in [0, 0.1) is 3.57 Å². The van der Waals surface area contributed by atoms with Crippen molar-refractivity contribution < 1.29 is 9.53 Å². The van der Waals surface area contributed by atoms with Crippen LogP contribution in [0.25, 0.3) is 0 Å². The number of benzene rings is 1. The summed E-state index contributed by atoms with van der Waals surface area (Å²) in [5, 5.41) is 3.09. The maximum Gasteiger partial charge on any atom is 0.319 e. The molecule has 0 saturated carbocycles. The molecule has 0 spiro atoms. The highest BCUT2D eigenvalue weighted by atomic mass is 127. The molecule has 1 unspecified atom stereocenters. The van der Waals surface area contributed by atoms with Crippen molar-refractivity contribution in [1.82, 2.24) is 5.32 Å². The topological polar surface area (TPSA) is 64.3 Å². The van der Waals surface area contributed by atoms with Crippen molar-refractivity contribution in [3.05, 3.63) is 27.3 Å². The molecule has 1 aromatic rings. The minimum atomic E-state index is -0.247. The molecule has 1 aromatic carbocycles. The largest absolute Gasteiger partial charge is 0.465 e. The van der Waals surface area contributed by atoms with Crippen molar-refractivity contribution in [3.63, 3.8) is 0 Å². The number of esters is 1. The summed E-state index contributed by atoms with van der Waals surface area (Å²) >= 11 is 2.24. The van der Waals surface area contributed by atoms with Crippen LogP contribution in [0.1, 0.15) is 25.5 Å². The van der Waals surface area contributed by atoms with Crippen LogP contribution < -0.4 is 11.1 Å². The van der Waals surface area contributed by atoms with Crippen LogP contribution in [0.4, 0.5) is 5.69 Å². The summed E-state index contributed by atoms with van der Waals surface area (Å²) in [6.07, 6.45) is 0. The predicted molar refractivity (Wildman–Crippen MR) is 76.6 cm³/mol. The number of anilines is 1. The minimum absolute atomic E-state index is 0.0223. The van der Waals surface area contributed by atoms with E-state index in [2.05, 4.69) is 27.9 Å². The number of hydrogen-bond donors (Lipinski definition) is 2. The maximum atomic E-state index is 11.2. The molecule has 1 atom stereocenters. The Hall–Kier alpha value is -0.820. The molecule has 0 bridgehead atoms. The second-order valence-corrected chi connectivity index (χ2v) is 4.93. The lowest BCUT2D eigenvalue weighted by atomic mass is 10.1. The van der Waals surface area contributed by atoms with Crippen molar-refractivity contribution in [1.29, 1.82) is 0 Å². The van der Waals surface area contributed by atoms with Gasteiger partial charge in [0.25, 0.3) is 0 Å². The summed E-state index contributed by atoms with van der Waals surface area (Å²) < 4.78 is 5.97. The molecule has 0 aliphatic heterocycles. The summed E-state index contributed by atoms with van der Waals surface area (Å²) in [5.41, 5.74) is 7.63. The molecular weight excluding hydrogens is 331 g/mol. The average Bonchev–Trinajstić information content (AvgIpc) is 2.29. The number of nitrogens with one attached hydrogen (secondary N) is 1. The summed E-state index contributed by atoms with van der Waals surface area (Å²) in [6.45, 7) is 4.36. The Kier molecular flexibility index (Phi) is 5.70. The fourth-order valence-electron chi connectivity index (χ4n) is 1.48. The standard InChI is InChI=1S/C12H17IN2O2/c1-3-17-12(16)7-15-8(2)10-6-9(13)4-5-11(10)14/h4-6,8,15H,3,7,14H2,1-2H3. The van der Waals surface area contributed by atoms with E-state index >= 15 is 0 Å². The Bertz CT molecular complexity index is 396. The van der Waals surface area contributed by atoms with E-state index in [1.165, 1.54) is 0 Å². The number of halogens is 1. The Labute approximate surface area is 115 Å². The number of hydrogen-bond acceptors (Lipinski definition) is 4. The van der Waals surface area contributed by atoms with E-state index in [1.54, 1.807) is 6.92 Å². The van der Waals surface area contributed by atoms with E-state index in [0.29, 0.717) is 6.61 Å². The molecule has 0 fully saturated rings. The lowest BCUT2D eigenvalue weighted by Gasteiger charge is -2.16. The van der Waals surface area contributed by atoms with Gasteiger partial charge in [0, 0.05) is 15.3 Å². The van der Waals surface area contributed by atoms with Gasteiger partial charge < -0.3 is 15.8 Å². The lowest BCUT2D eigenvalue weighted by Crippen LogP contribution is -2.27. The van der Waals surface area contributed by atoms with Gasteiger partial charge >= 0.3 is 5.97 Å². The van der Waals surface area contributed by atoms with Crippen LogP contribution in [0.3, 0.4) is 0 Å². The van der Waals surface area contributed by atoms with Gasteiger partial charge in [0.15, 0.2) is 0 Å². The van der Waals surface area contributed by atoms with E-state index < -0.39 is 0 Å². The Morgan fingerprint density at radius 2 is 2.29 bits per heavy atom. The summed E-state index contributed by atoms with van der Waals surface area (Å²) in [7, 11) is 0. The number of rotatable bonds is 5. The molecule has 5 heteroatoms. The molecule has 0 radical (unpaired) electrons. The van der Waals surface area contributed by atoms with Crippen molar-refractivity contribution in [2.45, 2.75) is 19.9 Å². The van der Waals surface area contributed by atoms with Crippen molar-refractivity contribution in [3.8, 4) is 0 Å². The third-order valence-electron chi connectivity index (χ3n) is 2.37. The Morgan fingerprint density at radius 3 is 2.94 bits per heavy atom. The zero-order valence-corrected chi connectivity index (χ0v) is 12.2. The van der Waals surface area contributed by atoms with Gasteiger partial charge in [0.1, 0.15) is 0 Å². The zero-order valence-electron chi connectivity index (χ0n) is 10.00. The molecule has 0 aliphatic rings. The Balaban J connectivity index is 2.60. The highest BCUT2D eigenvalue weighted by molar-refractivity contribution is 14.1. The molecule has 0 saturated heterocycles. The van der Waals surface area contributed by atoms with Crippen LogP contribution in [-0.4, -0.2) is 19.1 Å². The van der Waals surface area contributed by atoms with Crippen molar-refractivity contribution in [2.24, 2.45) is 0 Å². The number of carbonyl (C=O) groups excluding carboxylic acids is 1. The molecule has 0 aliphatic carbocycles. The van der Waals surface area contributed by atoms with Gasteiger partial charge in [-0.05, 0) is 60.2 Å². The number of nitrogen functional groups attached to an aromatic ring is 1. The quantitative estimate of drug-likeness (QED) is 0.486. The van der Waals surface area contributed by atoms with E-state index in [-0.39, 0.29) is 18.6 Å². The predicted octanol–water partition coefficient (Wildman–Crippen LogP) is 2.09. The SMILES string of the molecule is CCOC(=O)CNC(C)c1cc(I)ccc1N. The number of carbonyl (C=O) groups is 1. The fraction of sp³-hybridized carbons (Fsp3) is 0.417. The first-order valence-corrected chi connectivity index (χ1v) is 6.56. The third-order valence-corrected chi connectivity index (χ3v) is 3.04. The van der Waals surface area contributed by atoms with Crippen LogP contribution in [0.2, 0.25) is 0 Å². The monoisotopic (exact) mass is 348 g/mol. The first-order valence-electron chi connectivity index (χ1n) is 5.48. The second-order valence-electron chi connectivity index (χ2n) is 3.68. The van der Waals surface area contributed by atoms with Gasteiger partial charge in [-0.1, -0.05) is 0 Å². The molecule has 0 heterocycles. The lowest BCUT2D eigenvalue weighted by molar-refractivity contribution is -0.142. The molecule has 1 rings (SSSR count). The summed E-state index contributed by atoms with van der Waals surface area (Å²) in [4.78, 5) is 11.2.